The van der Waals surface area contributed by atoms with E-state index in [-0.39, 0.29) is 29.6 Å². The topological polar surface area (TPSA) is 110 Å². The molecule has 1 aliphatic rings. The van der Waals surface area contributed by atoms with Gasteiger partial charge in [0.25, 0.3) is 0 Å². The van der Waals surface area contributed by atoms with E-state index in [1.165, 1.54) is 0 Å². The van der Waals surface area contributed by atoms with E-state index >= 15 is 0 Å². The summed E-state index contributed by atoms with van der Waals surface area (Å²) in [5.74, 6) is -13.5. The Morgan fingerprint density at radius 1 is 1.04 bits per heavy atom. The Labute approximate surface area is 157 Å². The molecule has 0 radical (unpaired) electrons. The van der Waals surface area contributed by atoms with E-state index in [2.05, 4.69) is 9.47 Å². The fourth-order valence-electron chi connectivity index (χ4n) is 2.59. The summed E-state index contributed by atoms with van der Waals surface area (Å²) in [4.78, 5) is 22.9. The molecule has 0 spiro atoms. The fraction of sp³-hybridized carbons (Fsp3) is 0.818. The van der Waals surface area contributed by atoms with Gasteiger partial charge in [-0.25, -0.2) is 8.42 Å². The van der Waals surface area contributed by atoms with Gasteiger partial charge in [-0.05, 0) is 12.8 Å². The minimum absolute atomic E-state index is 0. The van der Waals surface area contributed by atoms with Crippen molar-refractivity contribution in [3.05, 3.63) is 0 Å². The van der Waals surface area contributed by atoms with E-state index in [0.717, 1.165) is 14.2 Å². The molecule has 0 aromatic carbocycles. The zero-order valence-corrected chi connectivity index (χ0v) is 15.7. The zero-order valence-electron chi connectivity index (χ0n) is 12.9. The summed E-state index contributed by atoms with van der Waals surface area (Å²) in [6.45, 7) is 0. The Morgan fingerprint density at radius 2 is 1.50 bits per heavy atom. The molecule has 3 unspecified atom stereocenters. The second kappa shape index (κ2) is 7.85. The maximum Gasteiger partial charge on any atom is 1.00 e. The number of methoxy groups -OCH3 is 2. The molecule has 24 heavy (non-hydrogen) atoms. The summed E-state index contributed by atoms with van der Waals surface area (Å²) in [5.41, 5.74) is 0. The molecule has 1 fully saturated rings. The molecule has 0 aromatic heterocycles. The van der Waals surface area contributed by atoms with E-state index in [1.807, 2.05) is 0 Å². The summed E-state index contributed by atoms with van der Waals surface area (Å²) in [7, 11) is -4.96. The van der Waals surface area contributed by atoms with Gasteiger partial charge in [-0.2, -0.15) is 17.6 Å². The van der Waals surface area contributed by atoms with Crippen molar-refractivity contribution in [2.75, 3.05) is 14.2 Å². The Kier molecular flexibility index (Phi) is 7.71. The molecule has 134 valence electrons. The van der Waals surface area contributed by atoms with Crippen molar-refractivity contribution in [1.29, 1.82) is 0 Å². The second-order valence-electron chi connectivity index (χ2n) is 5.02. The molecule has 0 N–H and O–H groups in total. The third-order valence-electron chi connectivity index (χ3n) is 3.77. The van der Waals surface area contributed by atoms with Crippen molar-refractivity contribution >= 4 is 22.1 Å². The van der Waals surface area contributed by atoms with Crippen LogP contribution in [0.15, 0.2) is 0 Å². The van der Waals surface area contributed by atoms with Crippen molar-refractivity contribution in [3.63, 3.8) is 0 Å². The Balaban J connectivity index is 0.00000529. The van der Waals surface area contributed by atoms with Gasteiger partial charge in [-0.1, -0.05) is 0 Å². The maximum absolute atomic E-state index is 14.0. The molecule has 0 amide bonds. The normalized spacial score (nSPS) is 24.9. The quantitative estimate of drug-likeness (QED) is 0.227. The average Bonchev–Trinajstić information content (AvgIpc) is 2.89. The van der Waals surface area contributed by atoms with Crippen LogP contribution in [-0.2, 0) is 29.2 Å². The largest absolute Gasteiger partial charge is 1.00 e. The van der Waals surface area contributed by atoms with Crippen LogP contribution in [-0.4, -0.2) is 50.3 Å². The van der Waals surface area contributed by atoms with Gasteiger partial charge in [0.2, 0.25) is 0 Å². The van der Waals surface area contributed by atoms with Crippen molar-refractivity contribution in [2.24, 2.45) is 17.8 Å². The molecule has 1 saturated carbocycles. The molecular formula is C11H13F4NaO7S. The molecule has 7 nitrogen and oxygen atoms in total. The summed E-state index contributed by atoms with van der Waals surface area (Å²) < 4.78 is 94.8. The monoisotopic (exact) mass is 388 g/mol. The molecule has 0 aromatic rings. The summed E-state index contributed by atoms with van der Waals surface area (Å²) in [6.07, 6.45) is -1.54. The molecular weight excluding hydrogens is 375 g/mol. The van der Waals surface area contributed by atoms with Crippen LogP contribution >= 0.6 is 0 Å². The van der Waals surface area contributed by atoms with Crippen molar-refractivity contribution in [2.45, 2.75) is 24.0 Å². The molecule has 0 heterocycles. The number of alkyl halides is 4. The predicted octanol–water partition coefficient (Wildman–Crippen LogP) is -2.25. The number of rotatable bonds is 5. The molecule has 1 rings (SSSR count). The Bertz CT molecular complexity index is 595. The van der Waals surface area contributed by atoms with Gasteiger partial charge in [-0.3, -0.25) is 9.59 Å². The minimum atomic E-state index is -6.70. The van der Waals surface area contributed by atoms with Crippen molar-refractivity contribution < 1.29 is 79.2 Å². The van der Waals surface area contributed by atoms with E-state index in [4.69, 9.17) is 0 Å². The standard InChI is InChI=1S/C11H14F4O7S.Na/c1-21-8(16)5-3-6(9(17)22-2)7(4-5)10(12,13)11(14,15)23(18,19)20;/h5-7H,3-4H2,1-2H3,(H,18,19,20);/q;+1/p-1. The van der Waals surface area contributed by atoms with Crippen LogP contribution in [0.1, 0.15) is 12.8 Å². The molecule has 0 bridgehead atoms. The molecule has 3 atom stereocenters. The smallest absolute Gasteiger partial charge is 0.743 e. The molecule has 0 aliphatic heterocycles. The number of carbonyl (C=O) groups excluding carboxylic acids is 2. The summed E-state index contributed by atoms with van der Waals surface area (Å²) >= 11 is 0. The van der Waals surface area contributed by atoms with Gasteiger partial charge in [0.05, 0.1) is 26.1 Å². The van der Waals surface area contributed by atoms with Crippen LogP contribution in [0.4, 0.5) is 17.6 Å². The SMILES string of the molecule is COC(=O)C1CC(C(=O)OC)C(C(F)(F)C(F)(F)S(=O)(=O)[O-])C1.[Na+]. The second-order valence-corrected chi connectivity index (χ2v) is 6.44. The number of hydrogen-bond donors (Lipinski definition) is 0. The van der Waals surface area contributed by atoms with Crippen LogP contribution in [0.5, 0.6) is 0 Å². The number of hydrogen-bond acceptors (Lipinski definition) is 7. The summed E-state index contributed by atoms with van der Waals surface area (Å²) in [5, 5.41) is -5.94. The average molecular weight is 388 g/mol. The number of ether oxygens (including phenoxy) is 2. The number of halogens is 4. The minimum Gasteiger partial charge on any atom is -0.743 e. The van der Waals surface area contributed by atoms with Crippen LogP contribution in [0.3, 0.4) is 0 Å². The third-order valence-corrected chi connectivity index (χ3v) is 4.67. The number of esters is 2. The van der Waals surface area contributed by atoms with Crippen LogP contribution in [0.2, 0.25) is 0 Å². The van der Waals surface area contributed by atoms with Crippen molar-refractivity contribution in [1.82, 2.24) is 0 Å². The van der Waals surface area contributed by atoms with E-state index in [1.54, 1.807) is 0 Å². The van der Waals surface area contributed by atoms with Gasteiger partial charge in [0, 0.05) is 5.92 Å². The maximum atomic E-state index is 14.0. The first-order valence-electron chi connectivity index (χ1n) is 6.18. The predicted molar refractivity (Wildman–Crippen MR) is 63.3 cm³/mol. The van der Waals surface area contributed by atoms with E-state index in [9.17, 15) is 40.1 Å². The first-order chi connectivity index (χ1) is 10.3. The first kappa shape index (κ1) is 23.6. The van der Waals surface area contributed by atoms with Crippen LogP contribution in [0, 0.1) is 17.8 Å². The first-order valence-corrected chi connectivity index (χ1v) is 7.58. The van der Waals surface area contributed by atoms with Gasteiger partial charge >= 0.3 is 52.7 Å². The molecule has 13 heteroatoms. The molecule has 1 aliphatic carbocycles. The van der Waals surface area contributed by atoms with E-state index < -0.39 is 63.8 Å². The molecule has 0 saturated heterocycles. The van der Waals surface area contributed by atoms with Gasteiger partial charge < -0.3 is 14.0 Å². The summed E-state index contributed by atoms with van der Waals surface area (Å²) in [6, 6.07) is 0. The Morgan fingerprint density at radius 3 is 1.88 bits per heavy atom. The Hall–Kier alpha value is -0.430. The van der Waals surface area contributed by atoms with Crippen LogP contribution in [0.25, 0.3) is 0 Å². The van der Waals surface area contributed by atoms with Crippen LogP contribution < -0.4 is 29.6 Å². The van der Waals surface area contributed by atoms with Crippen molar-refractivity contribution in [3.8, 4) is 0 Å². The number of carbonyl (C=O) groups is 2. The van der Waals surface area contributed by atoms with Gasteiger partial charge in [-0.15, -0.1) is 0 Å². The van der Waals surface area contributed by atoms with Gasteiger partial charge in [0.1, 0.15) is 0 Å². The third kappa shape index (κ3) is 4.03. The fourth-order valence-corrected chi connectivity index (χ4v) is 3.08. The van der Waals surface area contributed by atoms with E-state index in [0.29, 0.717) is 0 Å². The van der Waals surface area contributed by atoms with Gasteiger partial charge in [0.15, 0.2) is 10.1 Å². The zero-order chi connectivity index (χ0) is 18.2.